The number of methoxy groups -OCH3 is 1. The van der Waals surface area contributed by atoms with Crippen LogP contribution in [0.3, 0.4) is 0 Å². The molecule has 0 aliphatic rings. The van der Waals surface area contributed by atoms with Gasteiger partial charge in [0.05, 0.1) is 12.1 Å². The van der Waals surface area contributed by atoms with Crippen LogP contribution in [0.25, 0.3) is 11.4 Å². The van der Waals surface area contributed by atoms with E-state index in [2.05, 4.69) is 24.0 Å². The number of hydrogen-bond donors (Lipinski definition) is 0. The Labute approximate surface area is 155 Å². The topological polar surface area (TPSA) is 57.0 Å². The fourth-order valence-electron chi connectivity index (χ4n) is 2.15. The zero-order valence-electron chi connectivity index (χ0n) is 13.9. The van der Waals surface area contributed by atoms with Gasteiger partial charge < -0.3 is 9.30 Å². The summed E-state index contributed by atoms with van der Waals surface area (Å²) in [5.74, 6) is 0.730. The van der Waals surface area contributed by atoms with Crippen LogP contribution in [0.2, 0.25) is 10.0 Å². The number of nitrogens with zero attached hydrogens (tertiary/aromatic N) is 3. The van der Waals surface area contributed by atoms with E-state index in [1.54, 1.807) is 19.1 Å². The first-order valence-corrected chi connectivity index (χ1v) is 9.10. The molecule has 5 nitrogen and oxygen atoms in total. The van der Waals surface area contributed by atoms with Crippen molar-refractivity contribution in [3.63, 3.8) is 0 Å². The van der Waals surface area contributed by atoms with E-state index in [1.807, 2.05) is 10.6 Å². The second-order valence-corrected chi connectivity index (χ2v) is 7.87. The van der Waals surface area contributed by atoms with Crippen molar-refractivity contribution in [2.45, 2.75) is 37.7 Å². The maximum atomic E-state index is 11.7. The lowest BCUT2D eigenvalue weighted by Crippen LogP contribution is -2.16. The summed E-state index contributed by atoms with van der Waals surface area (Å²) in [6, 6.07) is 5.27. The normalized spacial score (nSPS) is 12.5. The molecule has 0 spiro atoms. The number of benzene rings is 1. The molecule has 0 fully saturated rings. The number of carbonyl (C=O) groups excluding carboxylic acids is 1. The summed E-state index contributed by atoms with van der Waals surface area (Å²) in [6.45, 7) is 6.69. The van der Waals surface area contributed by atoms with Crippen LogP contribution in [0.4, 0.5) is 0 Å². The molecule has 2 aromatic rings. The lowest BCUT2D eigenvalue weighted by molar-refractivity contribution is -0.139. The van der Waals surface area contributed by atoms with Gasteiger partial charge >= 0.3 is 5.97 Å². The third-order valence-corrected chi connectivity index (χ3v) is 4.86. The molecule has 0 radical (unpaired) electrons. The molecule has 0 saturated heterocycles. The van der Waals surface area contributed by atoms with E-state index >= 15 is 0 Å². The summed E-state index contributed by atoms with van der Waals surface area (Å²) in [7, 11) is 1.37. The van der Waals surface area contributed by atoms with E-state index in [4.69, 9.17) is 27.9 Å². The van der Waals surface area contributed by atoms with Gasteiger partial charge in [-0.1, -0.05) is 48.8 Å². The number of halogens is 2. The molecule has 1 aromatic heterocycles. The first-order valence-electron chi connectivity index (χ1n) is 7.46. The van der Waals surface area contributed by atoms with E-state index in [0.717, 1.165) is 5.56 Å². The van der Waals surface area contributed by atoms with Crippen LogP contribution in [0.5, 0.6) is 0 Å². The average molecular weight is 388 g/mol. The van der Waals surface area contributed by atoms with Crippen LogP contribution in [0.15, 0.2) is 23.4 Å². The van der Waals surface area contributed by atoms with Crippen molar-refractivity contribution in [3.05, 3.63) is 28.2 Å². The number of esters is 1. The monoisotopic (exact) mass is 387 g/mol. The molecule has 2 rings (SSSR count). The predicted molar refractivity (Wildman–Crippen MR) is 97.7 cm³/mol. The minimum Gasteiger partial charge on any atom is -0.468 e. The first kappa shape index (κ1) is 19.1. The molecule has 1 heterocycles. The molecule has 0 aliphatic heterocycles. The lowest BCUT2D eigenvalue weighted by atomic mass is 10.2. The highest BCUT2D eigenvalue weighted by Crippen LogP contribution is 2.33. The van der Waals surface area contributed by atoms with Crippen molar-refractivity contribution in [3.8, 4) is 11.4 Å². The van der Waals surface area contributed by atoms with Gasteiger partial charge in [-0.3, -0.25) is 4.79 Å². The number of carbonyl (C=O) groups is 1. The van der Waals surface area contributed by atoms with Crippen molar-refractivity contribution >= 4 is 40.9 Å². The molecule has 0 bridgehead atoms. The molecule has 0 amide bonds. The van der Waals surface area contributed by atoms with Crippen molar-refractivity contribution in [1.29, 1.82) is 0 Å². The van der Waals surface area contributed by atoms with Gasteiger partial charge in [0.15, 0.2) is 11.0 Å². The second kappa shape index (κ2) is 8.23. The van der Waals surface area contributed by atoms with Gasteiger partial charge in [0, 0.05) is 17.1 Å². The highest BCUT2D eigenvalue weighted by molar-refractivity contribution is 8.00. The van der Waals surface area contributed by atoms with Crippen molar-refractivity contribution in [2.75, 3.05) is 7.11 Å². The van der Waals surface area contributed by atoms with E-state index in [0.29, 0.717) is 33.5 Å². The molecule has 8 heteroatoms. The molecule has 130 valence electrons. The van der Waals surface area contributed by atoms with Gasteiger partial charge in [0.1, 0.15) is 5.25 Å². The standard InChI is InChI=1S/C16H19Cl2N3O2S/c1-9(2)8-21-14(12-6-5-11(17)7-13(12)18)19-20-16(21)24-10(3)15(22)23-4/h5-7,9-10H,8H2,1-4H3. The maximum Gasteiger partial charge on any atom is 0.318 e. The van der Waals surface area contributed by atoms with Crippen LogP contribution in [0, 0.1) is 5.92 Å². The van der Waals surface area contributed by atoms with E-state index in [1.165, 1.54) is 18.9 Å². The van der Waals surface area contributed by atoms with Gasteiger partial charge in [0.2, 0.25) is 0 Å². The zero-order valence-corrected chi connectivity index (χ0v) is 16.2. The largest absolute Gasteiger partial charge is 0.468 e. The predicted octanol–water partition coefficient (Wildman–Crippen LogP) is 4.56. The van der Waals surface area contributed by atoms with Crippen LogP contribution in [-0.2, 0) is 16.1 Å². The average Bonchev–Trinajstić information content (AvgIpc) is 2.88. The van der Waals surface area contributed by atoms with Crippen LogP contribution in [-0.4, -0.2) is 33.1 Å². The Morgan fingerprint density at radius 3 is 2.58 bits per heavy atom. The van der Waals surface area contributed by atoms with E-state index in [-0.39, 0.29) is 11.2 Å². The maximum absolute atomic E-state index is 11.7. The summed E-state index contributed by atoms with van der Waals surface area (Å²) in [4.78, 5) is 11.7. The molecule has 1 atom stereocenters. The highest BCUT2D eigenvalue weighted by atomic mass is 35.5. The minimum atomic E-state index is -0.376. The van der Waals surface area contributed by atoms with Crippen molar-refractivity contribution < 1.29 is 9.53 Å². The van der Waals surface area contributed by atoms with Crippen molar-refractivity contribution in [1.82, 2.24) is 14.8 Å². The molecule has 0 saturated carbocycles. The smallest absolute Gasteiger partial charge is 0.318 e. The molecule has 0 N–H and O–H groups in total. The number of aromatic nitrogens is 3. The van der Waals surface area contributed by atoms with Gasteiger partial charge in [-0.15, -0.1) is 10.2 Å². The van der Waals surface area contributed by atoms with Crippen LogP contribution in [0.1, 0.15) is 20.8 Å². The number of thioether (sulfide) groups is 1. The number of hydrogen-bond acceptors (Lipinski definition) is 5. The highest BCUT2D eigenvalue weighted by Gasteiger charge is 2.22. The van der Waals surface area contributed by atoms with Crippen molar-refractivity contribution in [2.24, 2.45) is 5.92 Å². The molecule has 24 heavy (non-hydrogen) atoms. The molecule has 1 unspecified atom stereocenters. The van der Waals surface area contributed by atoms with Crippen LogP contribution < -0.4 is 0 Å². The first-order chi connectivity index (χ1) is 11.3. The Bertz CT molecular complexity index is 734. The quantitative estimate of drug-likeness (QED) is 0.536. The summed E-state index contributed by atoms with van der Waals surface area (Å²) in [5.41, 5.74) is 0.756. The Hall–Kier alpha value is -1.24. The summed E-state index contributed by atoms with van der Waals surface area (Å²) >= 11 is 13.6. The van der Waals surface area contributed by atoms with E-state index in [9.17, 15) is 4.79 Å². The SMILES string of the molecule is COC(=O)C(C)Sc1nnc(-c2ccc(Cl)cc2Cl)n1CC(C)C. The summed E-state index contributed by atoms with van der Waals surface area (Å²) < 4.78 is 6.75. The van der Waals surface area contributed by atoms with E-state index < -0.39 is 0 Å². The number of ether oxygens (including phenoxy) is 1. The number of rotatable bonds is 6. The van der Waals surface area contributed by atoms with Gasteiger partial charge in [-0.05, 0) is 31.0 Å². The lowest BCUT2D eigenvalue weighted by Gasteiger charge is -2.14. The third-order valence-electron chi connectivity index (χ3n) is 3.25. The molecule has 0 aliphatic carbocycles. The Morgan fingerprint density at radius 1 is 1.29 bits per heavy atom. The molecule has 1 aromatic carbocycles. The Balaban J connectivity index is 2.43. The van der Waals surface area contributed by atoms with Gasteiger partial charge in [-0.2, -0.15) is 0 Å². The fraction of sp³-hybridized carbons (Fsp3) is 0.438. The molecular weight excluding hydrogens is 369 g/mol. The Morgan fingerprint density at radius 2 is 2.00 bits per heavy atom. The van der Waals surface area contributed by atoms with Gasteiger partial charge in [0.25, 0.3) is 0 Å². The van der Waals surface area contributed by atoms with Gasteiger partial charge in [-0.25, -0.2) is 0 Å². The summed E-state index contributed by atoms with van der Waals surface area (Å²) in [5, 5.41) is 9.88. The van der Waals surface area contributed by atoms with Crippen LogP contribution >= 0.6 is 35.0 Å². The second-order valence-electron chi connectivity index (χ2n) is 5.72. The zero-order chi connectivity index (χ0) is 17.9. The Kier molecular flexibility index (Phi) is 6.54. The minimum absolute atomic E-state index is 0.301. The molecular formula is C16H19Cl2N3O2S. The summed E-state index contributed by atoms with van der Waals surface area (Å²) in [6.07, 6.45) is 0. The fourth-order valence-corrected chi connectivity index (χ4v) is 3.53. The third kappa shape index (κ3) is 4.43.